The normalized spacial score (nSPS) is 17.5. The van der Waals surface area contributed by atoms with Crippen molar-refractivity contribution in [3.63, 3.8) is 0 Å². The second kappa shape index (κ2) is 5.01. The fourth-order valence-electron chi connectivity index (χ4n) is 2.15. The molecule has 0 bridgehead atoms. The summed E-state index contributed by atoms with van der Waals surface area (Å²) in [7, 11) is 0. The van der Waals surface area contributed by atoms with Crippen molar-refractivity contribution < 1.29 is 27.1 Å². The Bertz CT molecular complexity index is 725. The number of fused-ring (bicyclic) bond motifs is 1. The third kappa shape index (κ3) is 2.61. The van der Waals surface area contributed by atoms with E-state index in [9.17, 15) is 22.4 Å². The highest BCUT2D eigenvalue weighted by molar-refractivity contribution is 5.98. The lowest BCUT2D eigenvalue weighted by Gasteiger charge is -2.26. The second-order valence-corrected chi connectivity index (χ2v) is 4.75. The molecule has 2 aromatic rings. The van der Waals surface area contributed by atoms with Crippen LogP contribution in [0.4, 0.5) is 23.2 Å². The molecular weight excluding hydrogens is 302 g/mol. The first-order valence-electron chi connectivity index (χ1n) is 6.29. The first-order valence-corrected chi connectivity index (χ1v) is 6.29. The van der Waals surface area contributed by atoms with Gasteiger partial charge in [0.15, 0.2) is 0 Å². The summed E-state index contributed by atoms with van der Waals surface area (Å²) in [5.74, 6) is -0.848. The Morgan fingerprint density at radius 3 is 2.36 bits per heavy atom. The molecule has 7 heteroatoms. The van der Waals surface area contributed by atoms with Crippen molar-refractivity contribution in [2.45, 2.75) is 12.3 Å². The van der Waals surface area contributed by atoms with Gasteiger partial charge in [0.25, 0.3) is 5.91 Å². The van der Waals surface area contributed by atoms with E-state index in [1.807, 2.05) is 0 Å². The molecular formula is C15H9F4NO2. The molecule has 2 aromatic carbocycles. The molecule has 0 aromatic heterocycles. The summed E-state index contributed by atoms with van der Waals surface area (Å²) >= 11 is 0. The van der Waals surface area contributed by atoms with Gasteiger partial charge in [0.1, 0.15) is 11.6 Å². The maximum Gasteiger partial charge on any atom is 0.416 e. The van der Waals surface area contributed by atoms with Crippen LogP contribution in [0.5, 0.6) is 5.75 Å². The van der Waals surface area contributed by atoms with Crippen molar-refractivity contribution in [3.05, 3.63) is 59.4 Å². The van der Waals surface area contributed by atoms with Crippen molar-refractivity contribution in [2.24, 2.45) is 0 Å². The van der Waals surface area contributed by atoms with Crippen molar-refractivity contribution >= 4 is 11.6 Å². The van der Waals surface area contributed by atoms with Gasteiger partial charge in [-0.1, -0.05) is 12.1 Å². The van der Waals surface area contributed by atoms with Crippen LogP contribution in [-0.4, -0.2) is 5.91 Å². The monoisotopic (exact) mass is 311 g/mol. The molecule has 3 rings (SSSR count). The second-order valence-electron chi connectivity index (χ2n) is 4.75. The average molecular weight is 311 g/mol. The van der Waals surface area contributed by atoms with E-state index in [2.05, 4.69) is 5.32 Å². The zero-order chi connectivity index (χ0) is 15.9. The van der Waals surface area contributed by atoms with Crippen molar-refractivity contribution in [2.75, 3.05) is 5.32 Å². The van der Waals surface area contributed by atoms with Crippen molar-refractivity contribution in [3.8, 4) is 5.75 Å². The molecule has 1 heterocycles. The number of anilines is 1. The highest BCUT2D eigenvalue weighted by Gasteiger charge is 2.32. The molecule has 1 aliphatic heterocycles. The third-order valence-corrected chi connectivity index (χ3v) is 3.22. The van der Waals surface area contributed by atoms with Gasteiger partial charge < -0.3 is 10.1 Å². The zero-order valence-corrected chi connectivity index (χ0v) is 10.9. The van der Waals surface area contributed by atoms with Crippen LogP contribution in [0.3, 0.4) is 0 Å². The fraction of sp³-hybridized carbons (Fsp3) is 0.133. The molecule has 1 aliphatic rings. The van der Waals surface area contributed by atoms with Gasteiger partial charge in [-0.3, -0.25) is 4.79 Å². The van der Waals surface area contributed by atoms with Gasteiger partial charge in [0.05, 0.1) is 11.3 Å². The van der Waals surface area contributed by atoms with Crippen LogP contribution < -0.4 is 10.1 Å². The topological polar surface area (TPSA) is 38.3 Å². The summed E-state index contributed by atoms with van der Waals surface area (Å²) in [6, 6.07) is 7.75. The van der Waals surface area contributed by atoms with E-state index < -0.39 is 29.6 Å². The smallest absolute Gasteiger partial charge is 0.416 e. The lowest BCUT2D eigenvalue weighted by atomic mass is 10.0. The standard InChI is InChI=1S/C15H9F4NO2/c16-10-5-6-12-11(7-10)20-14(21)13(22-12)8-1-3-9(4-2-8)15(17,18)19/h1-7,13H,(H,20,21). The highest BCUT2D eigenvalue weighted by Crippen LogP contribution is 2.36. The number of ether oxygens (including phenoxy) is 1. The minimum Gasteiger partial charge on any atom is -0.474 e. The number of rotatable bonds is 1. The van der Waals surface area contributed by atoms with Crippen molar-refractivity contribution in [1.82, 2.24) is 0 Å². The average Bonchev–Trinajstić information content (AvgIpc) is 2.45. The van der Waals surface area contributed by atoms with E-state index in [1.54, 1.807) is 0 Å². The van der Waals surface area contributed by atoms with Crippen LogP contribution in [0.25, 0.3) is 0 Å². The molecule has 114 valence electrons. The summed E-state index contributed by atoms with van der Waals surface area (Å²) in [5, 5.41) is 2.47. The minimum absolute atomic E-state index is 0.188. The van der Waals surface area contributed by atoms with Gasteiger partial charge in [-0.15, -0.1) is 0 Å². The number of halogens is 4. The Kier molecular flexibility index (Phi) is 3.27. The number of amides is 1. The maximum absolute atomic E-state index is 13.1. The third-order valence-electron chi connectivity index (χ3n) is 3.22. The van der Waals surface area contributed by atoms with E-state index >= 15 is 0 Å². The molecule has 0 saturated carbocycles. The minimum atomic E-state index is -4.45. The summed E-state index contributed by atoms with van der Waals surface area (Å²) < 4.78 is 56.1. The number of carbonyl (C=O) groups excluding carboxylic acids is 1. The van der Waals surface area contributed by atoms with Gasteiger partial charge in [-0.05, 0) is 24.3 Å². The van der Waals surface area contributed by atoms with Crippen LogP contribution in [0.2, 0.25) is 0 Å². The first kappa shape index (κ1) is 14.4. The Balaban J connectivity index is 1.89. The Morgan fingerprint density at radius 2 is 1.73 bits per heavy atom. The van der Waals surface area contributed by atoms with E-state index in [0.717, 1.165) is 18.2 Å². The van der Waals surface area contributed by atoms with Crippen LogP contribution >= 0.6 is 0 Å². The Hall–Kier alpha value is -2.57. The molecule has 0 aliphatic carbocycles. The molecule has 0 saturated heterocycles. The maximum atomic E-state index is 13.1. The first-order chi connectivity index (χ1) is 10.3. The number of hydrogen-bond acceptors (Lipinski definition) is 2. The van der Waals surface area contributed by atoms with Gasteiger partial charge in [0, 0.05) is 11.6 Å². The number of carbonyl (C=O) groups is 1. The largest absolute Gasteiger partial charge is 0.474 e. The molecule has 1 atom stereocenters. The van der Waals surface area contributed by atoms with Gasteiger partial charge in [-0.2, -0.15) is 13.2 Å². The number of hydrogen-bond donors (Lipinski definition) is 1. The summed E-state index contributed by atoms with van der Waals surface area (Å²) in [5.41, 5.74) is -0.344. The van der Waals surface area contributed by atoms with Crippen LogP contribution in [-0.2, 0) is 11.0 Å². The van der Waals surface area contributed by atoms with Crippen molar-refractivity contribution in [1.29, 1.82) is 0 Å². The predicted molar refractivity (Wildman–Crippen MR) is 69.8 cm³/mol. The molecule has 3 nitrogen and oxygen atoms in total. The number of nitrogens with one attached hydrogen (secondary N) is 1. The Labute approximate surface area is 122 Å². The summed E-state index contributed by atoms with van der Waals surface area (Å²) in [4.78, 5) is 12.0. The fourth-order valence-corrected chi connectivity index (χ4v) is 2.15. The molecule has 0 radical (unpaired) electrons. The van der Waals surface area contributed by atoms with E-state index in [0.29, 0.717) is 0 Å². The molecule has 0 fully saturated rings. The predicted octanol–water partition coefficient (Wildman–Crippen LogP) is 3.92. The van der Waals surface area contributed by atoms with Gasteiger partial charge in [0.2, 0.25) is 6.10 Å². The lowest BCUT2D eigenvalue weighted by Crippen LogP contribution is -2.30. The van der Waals surface area contributed by atoms with Crippen LogP contribution in [0.15, 0.2) is 42.5 Å². The molecule has 1 unspecified atom stereocenters. The molecule has 1 amide bonds. The van der Waals surface area contributed by atoms with Gasteiger partial charge in [-0.25, -0.2) is 4.39 Å². The summed E-state index contributed by atoms with van der Waals surface area (Å²) in [6.07, 6.45) is -5.53. The number of benzene rings is 2. The highest BCUT2D eigenvalue weighted by atomic mass is 19.4. The molecule has 0 spiro atoms. The summed E-state index contributed by atoms with van der Waals surface area (Å²) in [6.45, 7) is 0. The Morgan fingerprint density at radius 1 is 1.05 bits per heavy atom. The van der Waals surface area contributed by atoms with E-state index in [-0.39, 0.29) is 17.0 Å². The van der Waals surface area contributed by atoms with E-state index in [4.69, 9.17) is 4.74 Å². The van der Waals surface area contributed by atoms with Gasteiger partial charge >= 0.3 is 6.18 Å². The SMILES string of the molecule is O=C1Nc2cc(F)ccc2OC1c1ccc(C(F)(F)F)cc1. The molecule has 1 N–H and O–H groups in total. The lowest BCUT2D eigenvalue weighted by molar-refractivity contribution is -0.137. The molecule has 22 heavy (non-hydrogen) atoms. The quantitative estimate of drug-likeness (QED) is 0.811. The van der Waals surface area contributed by atoms with E-state index in [1.165, 1.54) is 24.3 Å². The zero-order valence-electron chi connectivity index (χ0n) is 10.9. The number of alkyl halides is 3. The van der Waals surface area contributed by atoms with Crippen LogP contribution in [0, 0.1) is 5.82 Å². The van der Waals surface area contributed by atoms with Crippen LogP contribution in [0.1, 0.15) is 17.2 Å².